The standard InChI is InChI=1S/C20H27FN4O2/c1-3-9-25-15-16(19(22-25)27-14-4-2)20(26)24-12-10-23(11-13-24)18-8-6-5-7-17(18)21/h5-8,15H,3-4,9-14H2,1-2H3. The van der Waals surface area contributed by atoms with Crippen molar-refractivity contribution >= 4 is 11.6 Å². The Bertz CT molecular complexity index is 769. The third-order valence-corrected chi connectivity index (χ3v) is 4.61. The zero-order chi connectivity index (χ0) is 19.2. The molecule has 146 valence electrons. The van der Waals surface area contributed by atoms with Gasteiger partial charge in [-0.2, -0.15) is 0 Å². The van der Waals surface area contributed by atoms with Crippen molar-refractivity contribution in [3.63, 3.8) is 0 Å². The Labute approximate surface area is 159 Å². The quantitative estimate of drug-likeness (QED) is 0.747. The average Bonchev–Trinajstić information content (AvgIpc) is 3.09. The van der Waals surface area contributed by atoms with Crippen molar-refractivity contribution in [1.82, 2.24) is 14.7 Å². The van der Waals surface area contributed by atoms with E-state index in [0.29, 0.717) is 49.9 Å². The number of anilines is 1. The van der Waals surface area contributed by atoms with Crippen LogP contribution in [-0.4, -0.2) is 53.4 Å². The van der Waals surface area contributed by atoms with E-state index >= 15 is 0 Å². The van der Waals surface area contributed by atoms with E-state index in [0.717, 1.165) is 19.4 Å². The molecule has 1 aromatic carbocycles. The molecular weight excluding hydrogens is 347 g/mol. The molecule has 2 heterocycles. The largest absolute Gasteiger partial charge is 0.476 e. The molecule has 1 amide bonds. The van der Waals surface area contributed by atoms with Crippen molar-refractivity contribution in [2.45, 2.75) is 33.2 Å². The van der Waals surface area contributed by atoms with Gasteiger partial charge in [-0.15, -0.1) is 5.10 Å². The average molecular weight is 374 g/mol. The molecule has 0 unspecified atom stereocenters. The van der Waals surface area contributed by atoms with E-state index in [4.69, 9.17) is 4.74 Å². The molecule has 1 fully saturated rings. The summed E-state index contributed by atoms with van der Waals surface area (Å²) in [5.74, 6) is 0.108. The number of carbonyl (C=O) groups excluding carboxylic acids is 1. The van der Waals surface area contributed by atoms with Crippen LogP contribution in [0.3, 0.4) is 0 Å². The predicted octanol–water partition coefficient (Wildman–Crippen LogP) is 3.18. The number of para-hydroxylation sites is 1. The van der Waals surface area contributed by atoms with Crippen LogP contribution in [0.4, 0.5) is 10.1 Å². The van der Waals surface area contributed by atoms with Crippen molar-refractivity contribution in [2.75, 3.05) is 37.7 Å². The number of halogens is 1. The summed E-state index contributed by atoms with van der Waals surface area (Å²) in [5.41, 5.74) is 1.10. The molecule has 0 spiro atoms. The highest BCUT2D eigenvalue weighted by atomic mass is 19.1. The van der Waals surface area contributed by atoms with Crippen LogP contribution in [0.1, 0.15) is 37.0 Å². The number of aromatic nitrogens is 2. The molecule has 0 N–H and O–H groups in total. The molecule has 1 aromatic heterocycles. The minimum absolute atomic E-state index is 0.0726. The first-order valence-electron chi connectivity index (χ1n) is 9.63. The third-order valence-electron chi connectivity index (χ3n) is 4.61. The molecule has 0 aliphatic carbocycles. The van der Waals surface area contributed by atoms with Crippen LogP contribution in [0.2, 0.25) is 0 Å². The molecule has 0 atom stereocenters. The number of benzene rings is 1. The van der Waals surface area contributed by atoms with Crippen molar-refractivity contribution in [1.29, 1.82) is 0 Å². The van der Waals surface area contributed by atoms with E-state index in [1.54, 1.807) is 27.9 Å². The Morgan fingerprint density at radius 2 is 1.89 bits per heavy atom. The summed E-state index contributed by atoms with van der Waals surface area (Å²) in [7, 11) is 0. The fourth-order valence-corrected chi connectivity index (χ4v) is 3.23. The van der Waals surface area contributed by atoms with Gasteiger partial charge in [-0.05, 0) is 25.0 Å². The molecule has 7 heteroatoms. The van der Waals surface area contributed by atoms with Gasteiger partial charge in [0.05, 0.1) is 12.3 Å². The number of nitrogens with zero attached hydrogens (tertiary/aromatic N) is 4. The van der Waals surface area contributed by atoms with Crippen LogP contribution in [0.5, 0.6) is 5.88 Å². The second kappa shape index (κ2) is 8.88. The van der Waals surface area contributed by atoms with Gasteiger partial charge in [0.2, 0.25) is 5.88 Å². The second-order valence-electron chi connectivity index (χ2n) is 6.69. The van der Waals surface area contributed by atoms with Crippen LogP contribution < -0.4 is 9.64 Å². The summed E-state index contributed by atoms with van der Waals surface area (Å²) in [6.45, 7) is 7.64. The Hall–Kier alpha value is -2.57. The van der Waals surface area contributed by atoms with Crippen LogP contribution in [0.25, 0.3) is 0 Å². The van der Waals surface area contributed by atoms with Crippen molar-refractivity contribution in [2.24, 2.45) is 0 Å². The maximum absolute atomic E-state index is 14.0. The van der Waals surface area contributed by atoms with Gasteiger partial charge in [0, 0.05) is 38.9 Å². The van der Waals surface area contributed by atoms with Gasteiger partial charge in [0.1, 0.15) is 11.4 Å². The molecule has 0 radical (unpaired) electrons. The normalized spacial score (nSPS) is 14.5. The SMILES string of the molecule is CCCOc1nn(CCC)cc1C(=O)N1CCN(c2ccccc2F)CC1. The zero-order valence-corrected chi connectivity index (χ0v) is 16.0. The first-order chi connectivity index (χ1) is 13.1. The first kappa shape index (κ1) is 19.2. The van der Waals surface area contributed by atoms with Gasteiger partial charge in [0.25, 0.3) is 5.91 Å². The predicted molar refractivity (Wildman–Crippen MR) is 103 cm³/mol. The molecule has 27 heavy (non-hydrogen) atoms. The van der Waals surface area contributed by atoms with Gasteiger partial charge in [-0.1, -0.05) is 26.0 Å². The lowest BCUT2D eigenvalue weighted by molar-refractivity contribution is 0.0742. The van der Waals surface area contributed by atoms with Crippen molar-refractivity contribution in [3.8, 4) is 5.88 Å². The first-order valence-corrected chi connectivity index (χ1v) is 9.63. The Morgan fingerprint density at radius 3 is 2.56 bits per heavy atom. The highest BCUT2D eigenvalue weighted by Gasteiger charge is 2.27. The smallest absolute Gasteiger partial charge is 0.261 e. The molecule has 6 nitrogen and oxygen atoms in total. The van der Waals surface area contributed by atoms with E-state index < -0.39 is 0 Å². The molecule has 1 aliphatic heterocycles. The number of carbonyl (C=O) groups is 1. The van der Waals surface area contributed by atoms with E-state index in [9.17, 15) is 9.18 Å². The highest BCUT2D eigenvalue weighted by Crippen LogP contribution is 2.23. The van der Waals surface area contributed by atoms with Crippen molar-refractivity contribution < 1.29 is 13.9 Å². The maximum atomic E-state index is 14.0. The molecular formula is C20H27FN4O2. The number of ether oxygens (including phenoxy) is 1. The topological polar surface area (TPSA) is 50.6 Å². The van der Waals surface area contributed by atoms with Crippen LogP contribution >= 0.6 is 0 Å². The minimum Gasteiger partial charge on any atom is -0.476 e. The number of amides is 1. The lowest BCUT2D eigenvalue weighted by Crippen LogP contribution is -2.49. The van der Waals surface area contributed by atoms with Crippen LogP contribution in [0.15, 0.2) is 30.5 Å². The summed E-state index contributed by atoms with van der Waals surface area (Å²) in [6, 6.07) is 6.75. The summed E-state index contributed by atoms with van der Waals surface area (Å²) in [6.07, 6.45) is 3.57. The molecule has 0 saturated carbocycles. The molecule has 3 rings (SSSR count). The maximum Gasteiger partial charge on any atom is 0.261 e. The van der Waals surface area contributed by atoms with E-state index in [-0.39, 0.29) is 11.7 Å². The number of hydrogen-bond donors (Lipinski definition) is 0. The minimum atomic E-state index is -0.228. The number of hydrogen-bond acceptors (Lipinski definition) is 4. The monoisotopic (exact) mass is 374 g/mol. The molecule has 0 bridgehead atoms. The number of aryl methyl sites for hydroxylation is 1. The van der Waals surface area contributed by atoms with E-state index in [2.05, 4.69) is 12.0 Å². The molecule has 1 saturated heterocycles. The second-order valence-corrected chi connectivity index (χ2v) is 6.69. The molecule has 1 aliphatic rings. The Morgan fingerprint density at radius 1 is 1.15 bits per heavy atom. The highest BCUT2D eigenvalue weighted by molar-refractivity contribution is 5.96. The molecule has 2 aromatic rings. The summed E-state index contributed by atoms with van der Waals surface area (Å²) in [5, 5.41) is 4.41. The van der Waals surface area contributed by atoms with Gasteiger partial charge in [0.15, 0.2) is 0 Å². The van der Waals surface area contributed by atoms with Crippen molar-refractivity contribution in [3.05, 3.63) is 41.8 Å². The van der Waals surface area contributed by atoms with Crippen LogP contribution in [0, 0.1) is 5.82 Å². The van der Waals surface area contributed by atoms with E-state index in [1.807, 2.05) is 17.9 Å². The van der Waals surface area contributed by atoms with Gasteiger partial charge >= 0.3 is 0 Å². The third kappa shape index (κ3) is 4.40. The van der Waals surface area contributed by atoms with Gasteiger partial charge in [-0.25, -0.2) is 4.39 Å². The fraction of sp³-hybridized carbons (Fsp3) is 0.500. The lowest BCUT2D eigenvalue weighted by Gasteiger charge is -2.36. The lowest BCUT2D eigenvalue weighted by atomic mass is 10.2. The van der Waals surface area contributed by atoms with Gasteiger partial charge in [-0.3, -0.25) is 9.48 Å². The van der Waals surface area contributed by atoms with E-state index in [1.165, 1.54) is 6.07 Å². The zero-order valence-electron chi connectivity index (χ0n) is 16.0. The van der Waals surface area contributed by atoms with Crippen LogP contribution in [-0.2, 0) is 6.54 Å². The number of piperazine rings is 1. The Balaban J connectivity index is 1.69. The summed E-state index contributed by atoms with van der Waals surface area (Å²) >= 11 is 0. The Kier molecular flexibility index (Phi) is 6.32. The summed E-state index contributed by atoms with van der Waals surface area (Å²) < 4.78 is 21.5. The van der Waals surface area contributed by atoms with Gasteiger partial charge < -0.3 is 14.5 Å². The number of rotatable bonds is 7. The summed E-state index contributed by atoms with van der Waals surface area (Å²) in [4.78, 5) is 16.8. The fourth-order valence-electron chi connectivity index (χ4n) is 3.23.